The average molecular weight is 841 g/mol. The van der Waals surface area contributed by atoms with Crippen LogP contribution in [-0.2, 0) is 44.7 Å². The van der Waals surface area contributed by atoms with Gasteiger partial charge in [-0.25, -0.2) is 17.4 Å². The molecule has 27 heteroatoms. The summed E-state index contributed by atoms with van der Waals surface area (Å²) in [5.74, 6) is -0.794. The number of hydrogen-bond donors (Lipinski definition) is 7. The molecule has 0 fully saturated rings. The van der Waals surface area contributed by atoms with Crippen molar-refractivity contribution in [3.8, 4) is 0 Å². The van der Waals surface area contributed by atoms with Gasteiger partial charge in [0.1, 0.15) is 32.5 Å². The van der Waals surface area contributed by atoms with E-state index in [2.05, 4.69) is 40.2 Å². The summed E-state index contributed by atoms with van der Waals surface area (Å²) in [6.07, 6.45) is 0. The van der Waals surface area contributed by atoms with Gasteiger partial charge in [-0.2, -0.15) is 35.5 Å². The number of hydrogen-bond acceptors (Lipinski definition) is 18. The number of azo groups is 3. The molecule has 0 unspecified atom stereocenters. The Labute approximate surface area is 312 Å². The number of urea groups is 1. The summed E-state index contributed by atoms with van der Waals surface area (Å²) in [7, 11) is -18.6. The molecule has 0 radical (unpaired) electrons. The molecule has 0 aliphatic carbocycles. The molecule has 10 N–H and O–H groups in total. The van der Waals surface area contributed by atoms with Gasteiger partial charge in [-0.3, -0.25) is 13.7 Å². The summed E-state index contributed by atoms with van der Waals surface area (Å²) in [6.45, 7) is 0.735. The molecule has 292 valence electrons. The number of sulfone groups is 1. The summed E-state index contributed by atoms with van der Waals surface area (Å²) in [4.78, 5) is 10.1. The van der Waals surface area contributed by atoms with Crippen molar-refractivity contribution in [1.82, 2.24) is 0 Å². The third-order valence-electron chi connectivity index (χ3n) is 6.81. The number of benzene rings is 4. The fraction of sp³-hybridized carbons (Fsp3) is 0.107. The Morgan fingerprint density at radius 1 is 0.673 bits per heavy atom. The van der Waals surface area contributed by atoms with Gasteiger partial charge in [-0.05, 0) is 73.2 Å². The fourth-order valence-electron chi connectivity index (χ4n) is 4.30. The molecule has 0 aliphatic rings. The number of aryl methyl sites for hydroxylation is 1. The van der Waals surface area contributed by atoms with Crippen LogP contribution >= 0.6 is 0 Å². The number of primary amides is 1. The predicted molar refractivity (Wildman–Crippen MR) is 194 cm³/mol. The van der Waals surface area contributed by atoms with E-state index in [0.29, 0.717) is 5.56 Å². The van der Waals surface area contributed by atoms with Gasteiger partial charge in [-0.15, -0.1) is 20.5 Å². The van der Waals surface area contributed by atoms with Crippen molar-refractivity contribution >= 4 is 97.7 Å². The number of nitrogen functional groups attached to an aromatic ring is 2. The Hall–Kier alpha value is -5.81. The van der Waals surface area contributed by atoms with E-state index in [1.807, 2.05) is 0 Å². The second-order valence-corrected chi connectivity index (χ2v) is 16.8. The van der Waals surface area contributed by atoms with Crippen molar-refractivity contribution in [3.63, 3.8) is 0 Å². The van der Waals surface area contributed by atoms with Crippen LogP contribution < -0.4 is 22.5 Å². The van der Waals surface area contributed by atoms with Crippen molar-refractivity contribution in [2.75, 3.05) is 29.1 Å². The molecule has 55 heavy (non-hydrogen) atoms. The van der Waals surface area contributed by atoms with E-state index in [-0.39, 0.29) is 44.7 Å². The number of rotatable bonds is 14. The van der Waals surface area contributed by atoms with E-state index < -0.39 is 80.0 Å². The summed E-state index contributed by atoms with van der Waals surface area (Å²) >= 11 is 0. The second kappa shape index (κ2) is 16.3. The Balaban J connectivity index is 1.68. The zero-order valence-electron chi connectivity index (χ0n) is 27.7. The van der Waals surface area contributed by atoms with Crippen LogP contribution in [0.15, 0.2) is 112 Å². The Bertz CT molecular complexity index is 2710. The quantitative estimate of drug-likeness (QED) is 0.0500. The van der Waals surface area contributed by atoms with Gasteiger partial charge in [0.25, 0.3) is 20.2 Å². The Morgan fingerprint density at radius 3 is 1.84 bits per heavy atom. The van der Waals surface area contributed by atoms with E-state index in [4.69, 9.17) is 21.8 Å². The van der Waals surface area contributed by atoms with E-state index in [9.17, 15) is 47.6 Å². The highest BCUT2D eigenvalue weighted by Crippen LogP contribution is 2.43. The fourth-order valence-corrected chi connectivity index (χ4v) is 7.13. The van der Waals surface area contributed by atoms with Crippen molar-refractivity contribution < 1.29 is 56.3 Å². The van der Waals surface area contributed by atoms with E-state index in [1.165, 1.54) is 48.5 Å². The van der Waals surface area contributed by atoms with Crippen molar-refractivity contribution in [1.29, 1.82) is 0 Å². The maximum absolute atomic E-state index is 12.4. The van der Waals surface area contributed by atoms with Crippen LogP contribution in [0.4, 0.5) is 56.0 Å². The minimum Gasteiger partial charge on any atom is -0.396 e. The highest BCUT2D eigenvalue weighted by Gasteiger charge is 2.23. The molecule has 23 nitrogen and oxygen atoms in total. The molecule has 0 bridgehead atoms. The molecule has 4 aromatic carbocycles. The minimum atomic E-state index is -5.02. The molecule has 0 saturated carbocycles. The topological polar surface area (TPSA) is 388 Å². The number of nitrogens with zero attached hydrogens (tertiary/aromatic N) is 6. The van der Waals surface area contributed by atoms with Crippen LogP contribution in [0.3, 0.4) is 0 Å². The third-order valence-corrected chi connectivity index (χ3v) is 10.7. The van der Waals surface area contributed by atoms with Crippen molar-refractivity contribution in [2.24, 2.45) is 36.4 Å². The second-order valence-electron chi connectivity index (χ2n) is 10.8. The monoisotopic (exact) mass is 840 g/mol. The number of amides is 2. The van der Waals surface area contributed by atoms with Gasteiger partial charge in [0.05, 0.1) is 45.7 Å². The van der Waals surface area contributed by atoms with Crippen molar-refractivity contribution in [3.05, 3.63) is 72.3 Å². The standard InChI is InChI=1S/C28H28N10O13S4/c1-15-2-8-20(23(12-15)53(42,43)44)36-35-19-9-5-17(13-21(19)32-28(31)39)34-38-27-25(29)22(14-24(26(27)30)54(45,46)47)37-33-16-3-6-18(7-4-16)52(40,41)11-10-51-55(48,49)50/h2-9,12-14H,10-11,29-30H2,1H3,(H3,31,32,39)(H,42,43,44)(H,45,46,47)(H,48,49,50). The molecule has 2 amide bonds. The summed E-state index contributed by atoms with van der Waals surface area (Å²) in [5, 5.41) is 25.7. The third kappa shape index (κ3) is 11.3. The molecule has 0 atom stereocenters. The minimum absolute atomic E-state index is 0.0178. The highest BCUT2D eigenvalue weighted by molar-refractivity contribution is 7.91. The van der Waals surface area contributed by atoms with E-state index in [1.54, 1.807) is 6.92 Å². The number of carbonyl (C=O) groups is 1. The molecule has 4 aromatic rings. The van der Waals surface area contributed by atoms with Gasteiger partial charge in [0.15, 0.2) is 9.84 Å². The van der Waals surface area contributed by atoms with Gasteiger partial charge in [0, 0.05) is 0 Å². The molecular formula is C28H28N10O13S4. The summed E-state index contributed by atoms with van der Waals surface area (Å²) < 4.78 is 126. The Kier molecular flexibility index (Phi) is 12.4. The first kappa shape index (κ1) is 41.9. The SMILES string of the molecule is Cc1ccc(N=Nc2ccc(N=Nc3c(N)c(N=Nc4ccc(S(=O)(=O)CCOS(=O)(=O)O)cc4)cc(S(=O)(=O)O)c3N)cc2NC(N)=O)c(S(=O)(=O)O)c1. The lowest BCUT2D eigenvalue weighted by Gasteiger charge is -2.11. The molecule has 0 aromatic heterocycles. The first-order valence-electron chi connectivity index (χ1n) is 14.6. The first-order valence-corrected chi connectivity index (χ1v) is 20.5. The van der Waals surface area contributed by atoms with Gasteiger partial charge in [0.2, 0.25) is 0 Å². The average Bonchev–Trinajstić information content (AvgIpc) is 3.06. The maximum atomic E-state index is 12.4. The van der Waals surface area contributed by atoms with Gasteiger partial charge in [-0.1, -0.05) is 6.07 Å². The van der Waals surface area contributed by atoms with Crippen LogP contribution in [-0.4, -0.2) is 65.7 Å². The molecule has 0 spiro atoms. The molecule has 0 saturated heterocycles. The van der Waals surface area contributed by atoms with Crippen LogP contribution in [0, 0.1) is 6.92 Å². The normalized spacial score (nSPS) is 12.9. The van der Waals surface area contributed by atoms with E-state index >= 15 is 0 Å². The molecule has 0 aliphatic heterocycles. The molecule has 4 rings (SSSR count). The highest BCUT2D eigenvalue weighted by atomic mass is 32.3. The summed E-state index contributed by atoms with van der Waals surface area (Å²) in [6, 6.07) is 12.0. The zero-order valence-corrected chi connectivity index (χ0v) is 31.0. The predicted octanol–water partition coefficient (Wildman–Crippen LogP) is 4.98. The van der Waals surface area contributed by atoms with Crippen LogP contribution in [0.1, 0.15) is 5.56 Å². The first-order chi connectivity index (χ1) is 25.4. The van der Waals surface area contributed by atoms with Crippen LogP contribution in [0.5, 0.6) is 0 Å². The number of nitrogens with two attached hydrogens (primary N) is 3. The smallest absolute Gasteiger partial charge is 0.396 e. The van der Waals surface area contributed by atoms with Crippen LogP contribution in [0.25, 0.3) is 0 Å². The van der Waals surface area contributed by atoms with E-state index in [0.717, 1.165) is 18.2 Å². The van der Waals surface area contributed by atoms with Crippen molar-refractivity contribution in [2.45, 2.75) is 21.6 Å². The lowest BCUT2D eigenvalue weighted by molar-refractivity contribution is 0.259. The van der Waals surface area contributed by atoms with Gasteiger partial charge < -0.3 is 22.5 Å². The Morgan fingerprint density at radius 2 is 1.24 bits per heavy atom. The molecule has 0 heterocycles. The number of nitrogens with one attached hydrogen (secondary N) is 1. The van der Waals surface area contributed by atoms with Crippen LogP contribution in [0.2, 0.25) is 0 Å². The lowest BCUT2D eigenvalue weighted by atomic mass is 10.2. The zero-order chi connectivity index (χ0) is 40.9. The lowest BCUT2D eigenvalue weighted by Crippen LogP contribution is -2.19. The molecular weight excluding hydrogens is 813 g/mol. The summed E-state index contributed by atoms with van der Waals surface area (Å²) in [5.41, 5.74) is 15.6. The largest absolute Gasteiger partial charge is 0.397 e. The number of carbonyl (C=O) groups excluding carboxylic acids is 1. The maximum Gasteiger partial charge on any atom is 0.397 e. The van der Waals surface area contributed by atoms with Gasteiger partial charge >= 0.3 is 16.4 Å². The number of anilines is 3.